The van der Waals surface area contributed by atoms with Crippen molar-refractivity contribution in [2.24, 2.45) is 0 Å². The Balaban J connectivity index is 1.89. The molecule has 0 saturated carbocycles. The van der Waals surface area contributed by atoms with Crippen molar-refractivity contribution in [2.45, 2.75) is 32.9 Å². The Kier molecular flexibility index (Phi) is 4.85. The van der Waals surface area contributed by atoms with Gasteiger partial charge in [0.2, 0.25) is 10.0 Å². The maximum Gasteiger partial charge on any atom is 0.215 e. The molecule has 0 unspecified atom stereocenters. The predicted octanol–water partition coefficient (Wildman–Crippen LogP) is 2.60. The molecular formula is C16H22N2O2S. The lowest BCUT2D eigenvalue weighted by molar-refractivity contribution is 0.580. The van der Waals surface area contributed by atoms with E-state index in [0.717, 1.165) is 28.1 Å². The fraction of sp³-hybridized carbons (Fsp3) is 0.375. The molecule has 1 aromatic carbocycles. The highest BCUT2D eigenvalue weighted by Gasteiger charge is 2.11. The lowest BCUT2D eigenvalue weighted by Crippen LogP contribution is -2.27. The first kappa shape index (κ1) is 15.8. The van der Waals surface area contributed by atoms with Crippen molar-refractivity contribution >= 4 is 10.0 Å². The smallest absolute Gasteiger partial charge is 0.215 e. The number of aromatic nitrogens is 1. The van der Waals surface area contributed by atoms with Gasteiger partial charge >= 0.3 is 0 Å². The van der Waals surface area contributed by atoms with E-state index in [-0.39, 0.29) is 5.75 Å². The molecule has 4 nitrogen and oxygen atoms in total. The van der Waals surface area contributed by atoms with Gasteiger partial charge in [0, 0.05) is 17.9 Å². The number of sulfonamides is 1. The number of aryl methyl sites for hydroxylation is 3. The maximum absolute atomic E-state index is 12.0. The molecule has 0 atom stereocenters. The third-order valence-corrected chi connectivity index (χ3v) is 4.81. The quantitative estimate of drug-likeness (QED) is 0.861. The van der Waals surface area contributed by atoms with Gasteiger partial charge in [-0.15, -0.1) is 0 Å². The van der Waals surface area contributed by atoms with E-state index in [1.807, 2.05) is 45.0 Å². The van der Waals surface area contributed by atoms with Gasteiger partial charge < -0.3 is 4.98 Å². The van der Waals surface area contributed by atoms with Gasteiger partial charge in [0.15, 0.2) is 0 Å². The van der Waals surface area contributed by atoms with Crippen molar-refractivity contribution in [3.8, 4) is 0 Å². The lowest BCUT2D eigenvalue weighted by atomic mass is 10.2. The van der Waals surface area contributed by atoms with Crippen LogP contribution in [0.3, 0.4) is 0 Å². The van der Waals surface area contributed by atoms with E-state index in [1.54, 1.807) is 0 Å². The maximum atomic E-state index is 12.0. The first-order valence-electron chi connectivity index (χ1n) is 7.04. The zero-order valence-electron chi connectivity index (χ0n) is 12.7. The number of aromatic amines is 1. The SMILES string of the molecule is Cc1ccc(CS(=O)(=O)NCCc2cc(C)[nH]c2C)cc1. The standard InChI is InChI=1S/C16H22N2O2S/c1-12-4-6-15(7-5-12)11-21(19,20)17-9-8-16-10-13(2)18-14(16)3/h4-7,10,17-18H,8-9,11H2,1-3H3. The third kappa shape index (κ3) is 4.72. The van der Waals surface area contributed by atoms with E-state index in [2.05, 4.69) is 15.8 Å². The van der Waals surface area contributed by atoms with Crippen LogP contribution in [0, 0.1) is 20.8 Å². The molecule has 2 N–H and O–H groups in total. The number of hydrogen-bond acceptors (Lipinski definition) is 2. The van der Waals surface area contributed by atoms with Crippen LogP contribution >= 0.6 is 0 Å². The minimum Gasteiger partial charge on any atom is -0.362 e. The van der Waals surface area contributed by atoms with Crippen LogP contribution < -0.4 is 4.72 Å². The summed E-state index contributed by atoms with van der Waals surface area (Å²) in [6.07, 6.45) is 0.698. The minimum atomic E-state index is -3.28. The average Bonchev–Trinajstić information content (AvgIpc) is 2.70. The van der Waals surface area contributed by atoms with E-state index >= 15 is 0 Å². The molecule has 5 heteroatoms. The van der Waals surface area contributed by atoms with Crippen molar-refractivity contribution in [3.63, 3.8) is 0 Å². The summed E-state index contributed by atoms with van der Waals surface area (Å²) in [6, 6.07) is 9.62. The molecule has 21 heavy (non-hydrogen) atoms. The molecule has 0 fully saturated rings. The fourth-order valence-corrected chi connectivity index (χ4v) is 3.48. The van der Waals surface area contributed by atoms with Crippen LogP contribution in [0.15, 0.2) is 30.3 Å². The van der Waals surface area contributed by atoms with Gasteiger partial charge in [-0.2, -0.15) is 0 Å². The highest BCUT2D eigenvalue weighted by atomic mass is 32.2. The number of hydrogen-bond donors (Lipinski definition) is 2. The molecule has 1 heterocycles. The summed E-state index contributed by atoms with van der Waals surface area (Å²) in [4.78, 5) is 3.22. The van der Waals surface area contributed by atoms with Crippen molar-refractivity contribution in [1.82, 2.24) is 9.71 Å². The van der Waals surface area contributed by atoms with Gasteiger partial charge in [-0.3, -0.25) is 0 Å². The summed E-state index contributed by atoms with van der Waals surface area (Å²) in [7, 11) is -3.28. The fourth-order valence-electron chi connectivity index (χ4n) is 2.34. The van der Waals surface area contributed by atoms with E-state index in [9.17, 15) is 8.42 Å². The highest BCUT2D eigenvalue weighted by Crippen LogP contribution is 2.10. The van der Waals surface area contributed by atoms with Crippen LogP contribution in [0.25, 0.3) is 0 Å². The van der Waals surface area contributed by atoms with Gasteiger partial charge in [-0.05, 0) is 44.4 Å². The number of rotatable bonds is 6. The molecule has 0 saturated heterocycles. The number of H-pyrrole nitrogens is 1. The molecule has 0 bridgehead atoms. The van der Waals surface area contributed by atoms with E-state index < -0.39 is 10.0 Å². The van der Waals surface area contributed by atoms with Crippen molar-refractivity contribution < 1.29 is 8.42 Å². The Morgan fingerprint density at radius 2 is 1.76 bits per heavy atom. The Hall–Kier alpha value is -1.59. The molecule has 0 radical (unpaired) electrons. The normalized spacial score (nSPS) is 11.8. The molecule has 0 spiro atoms. The molecule has 0 amide bonds. The Morgan fingerprint density at radius 3 is 2.33 bits per heavy atom. The predicted molar refractivity (Wildman–Crippen MR) is 85.8 cm³/mol. The van der Waals surface area contributed by atoms with E-state index in [1.165, 1.54) is 0 Å². The van der Waals surface area contributed by atoms with E-state index in [4.69, 9.17) is 0 Å². The van der Waals surface area contributed by atoms with Gasteiger partial charge in [0.25, 0.3) is 0 Å². The Morgan fingerprint density at radius 1 is 1.10 bits per heavy atom. The molecule has 0 aliphatic heterocycles. The van der Waals surface area contributed by atoms with Crippen molar-refractivity contribution in [3.05, 3.63) is 58.4 Å². The first-order valence-corrected chi connectivity index (χ1v) is 8.69. The third-order valence-electron chi connectivity index (χ3n) is 3.45. The van der Waals surface area contributed by atoms with E-state index in [0.29, 0.717) is 13.0 Å². The van der Waals surface area contributed by atoms with Crippen molar-refractivity contribution in [1.29, 1.82) is 0 Å². The van der Waals surface area contributed by atoms with Crippen molar-refractivity contribution in [2.75, 3.05) is 6.54 Å². The first-order chi connectivity index (χ1) is 9.85. The lowest BCUT2D eigenvalue weighted by Gasteiger charge is -2.07. The molecule has 2 rings (SSSR count). The minimum absolute atomic E-state index is 0.0262. The number of nitrogens with one attached hydrogen (secondary N) is 2. The zero-order chi connectivity index (χ0) is 15.5. The second-order valence-corrected chi connectivity index (χ2v) is 7.30. The summed E-state index contributed by atoms with van der Waals surface area (Å²) in [5.74, 6) is 0.0262. The Labute approximate surface area is 126 Å². The van der Waals surface area contributed by atoms with Gasteiger partial charge in [0.1, 0.15) is 0 Å². The second kappa shape index (κ2) is 6.45. The largest absolute Gasteiger partial charge is 0.362 e. The molecule has 2 aromatic rings. The summed E-state index contributed by atoms with van der Waals surface area (Å²) < 4.78 is 26.8. The van der Waals surface area contributed by atoms with Crippen LogP contribution in [0.4, 0.5) is 0 Å². The van der Waals surface area contributed by atoms with Crippen LogP contribution in [0.2, 0.25) is 0 Å². The second-order valence-electron chi connectivity index (χ2n) is 5.49. The van der Waals surface area contributed by atoms with Crippen LogP contribution in [-0.4, -0.2) is 19.9 Å². The van der Waals surface area contributed by atoms with Crippen LogP contribution in [-0.2, 0) is 22.2 Å². The number of benzene rings is 1. The summed E-state index contributed by atoms with van der Waals surface area (Å²) in [5.41, 5.74) is 5.30. The van der Waals surface area contributed by atoms with Gasteiger partial charge in [0.05, 0.1) is 5.75 Å². The highest BCUT2D eigenvalue weighted by molar-refractivity contribution is 7.88. The molecule has 1 aromatic heterocycles. The van der Waals surface area contributed by atoms with Gasteiger partial charge in [-0.25, -0.2) is 13.1 Å². The molecule has 0 aliphatic rings. The monoisotopic (exact) mass is 306 g/mol. The topological polar surface area (TPSA) is 62.0 Å². The summed E-state index contributed by atoms with van der Waals surface area (Å²) in [5, 5.41) is 0. The zero-order valence-corrected chi connectivity index (χ0v) is 13.5. The molecular weight excluding hydrogens is 284 g/mol. The van der Waals surface area contributed by atoms with Gasteiger partial charge in [-0.1, -0.05) is 29.8 Å². The van der Waals surface area contributed by atoms with Crippen LogP contribution in [0.5, 0.6) is 0 Å². The Bertz CT molecular complexity index is 700. The summed E-state index contributed by atoms with van der Waals surface area (Å²) in [6.45, 7) is 6.41. The molecule has 114 valence electrons. The summed E-state index contributed by atoms with van der Waals surface area (Å²) >= 11 is 0. The molecule has 0 aliphatic carbocycles. The van der Waals surface area contributed by atoms with Crippen LogP contribution in [0.1, 0.15) is 28.1 Å². The average molecular weight is 306 g/mol.